The van der Waals surface area contributed by atoms with E-state index >= 15 is 0 Å². The first-order valence-electron chi connectivity index (χ1n) is 7.91. The van der Waals surface area contributed by atoms with Crippen LogP contribution in [0.4, 0.5) is 0 Å². The molecular weight excluding hydrogens is 326 g/mol. The van der Waals surface area contributed by atoms with E-state index in [9.17, 15) is 4.79 Å². The van der Waals surface area contributed by atoms with Crippen molar-refractivity contribution in [3.8, 4) is 17.0 Å². The molecule has 0 amide bonds. The van der Waals surface area contributed by atoms with Gasteiger partial charge in [-0.15, -0.1) is 0 Å². The molecule has 0 unspecified atom stereocenters. The van der Waals surface area contributed by atoms with Crippen LogP contribution in [-0.2, 0) is 13.1 Å². The number of aromatic nitrogens is 2. The van der Waals surface area contributed by atoms with Crippen molar-refractivity contribution >= 4 is 11.6 Å². The lowest BCUT2D eigenvalue weighted by molar-refractivity contribution is 0.392. The third-order valence-electron chi connectivity index (χ3n) is 3.52. The number of nitrogens with zero attached hydrogens (tertiary/aromatic N) is 3. The highest BCUT2D eigenvalue weighted by Gasteiger charge is 2.13. The predicted molar refractivity (Wildman–Crippen MR) is 97.7 cm³/mol. The average molecular weight is 350 g/mol. The Bertz CT molecular complexity index is 735. The van der Waals surface area contributed by atoms with Gasteiger partial charge in [0.1, 0.15) is 5.75 Å². The molecular formula is C18H24ClN3O2. The summed E-state index contributed by atoms with van der Waals surface area (Å²) in [7, 11) is 5.46. The Morgan fingerprint density at radius 3 is 2.54 bits per heavy atom. The maximum absolute atomic E-state index is 12.6. The van der Waals surface area contributed by atoms with Gasteiger partial charge in [-0.05, 0) is 44.3 Å². The van der Waals surface area contributed by atoms with Crippen molar-refractivity contribution in [2.24, 2.45) is 5.92 Å². The van der Waals surface area contributed by atoms with Crippen LogP contribution >= 0.6 is 11.6 Å². The van der Waals surface area contributed by atoms with Gasteiger partial charge < -0.3 is 9.64 Å². The molecule has 5 nitrogen and oxygen atoms in total. The molecule has 2 aromatic rings. The van der Waals surface area contributed by atoms with Gasteiger partial charge in [0.05, 0.1) is 17.8 Å². The largest absolute Gasteiger partial charge is 0.495 e. The van der Waals surface area contributed by atoms with Crippen molar-refractivity contribution in [3.63, 3.8) is 0 Å². The molecule has 0 saturated heterocycles. The molecule has 0 bridgehead atoms. The van der Waals surface area contributed by atoms with Crippen LogP contribution in [0.3, 0.4) is 0 Å². The zero-order chi connectivity index (χ0) is 17.9. The van der Waals surface area contributed by atoms with E-state index in [1.165, 1.54) is 0 Å². The van der Waals surface area contributed by atoms with Gasteiger partial charge in [0.25, 0.3) is 5.56 Å². The molecule has 1 aromatic heterocycles. The molecule has 0 aliphatic heterocycles. The summed E-state index contributed by atoms with van der Waals surface area (Å²) in [5, 5.41) is 5.05. The summed E-state index contributed by atoms with van der Waals surface area (Å²) in [6, 6.07) is 7.36. The molecule has 24 heavy (non-hydrogen) atoms. The van der Waals surface area contributed by atoms with Crippen LogP contribution in [-0.4, -0.2) is 35.9 Å². The SMILES string of the molecule is COc1ccc(-c2cc(CN(C)C)c(=O)n(CC(C)C)n2)cc1Cl. The Labute approximate surface area is 147 Å². The maximum Gasteiger partial charge on any atom is 0.271 e. The molecule has 1 aromatic carbocycles. The molecule has 0 aliphatic rings. The standard InChI is InChI=1S/C18H24ClN3O2/c1-12(2)10-22-18(23)14(11-21(3)4)9-16(20-22)13-6-7-17(24-5)15(19)8-13/h6-9,12H,10-11H2,1-5H3. The highest BCUT2D eigenvalue weighted by Crippen LogP contribution is 2.29. The average Bonchev–Trinajstić information content (AvgIpc) is 2.50. The second-order valence-electron chi connectivity index (χ2n) is 6.52. The molecule has 0 saturated carbocycles. The number of methoxy groups -OCH3 is 1. The number of benzene rings is 1. The fourth-order valence-electron chi connectivity index (χ4n) is 2.49. The molecule has 0 radical (unpaired) electrons. The first-order valence-corrected chi connectivity index (χ1v) is 8.29. The number of hydrogen-bond donors (Lipinski definition) is 0. The van der Waals surface area contributed by atoms with Crippen LogP contribution in [0.2, 0.25) is 5.02 Å². The first-order chi connectivity index (χ1) is 11.3. The molecule has 0 aliphatic carbocycles. The highest BCUT2D eigenvalue weighted by atomic mass is 35.5. The van der Waals surface area contributed by atoms with Crippen molar-refractivity contribution in [2.45, 2.75) is 26.9 Å². The van der Waals surface area contributed by atoms with E-state index in [0.717, 1.165) is 16.8 Å². The van der Waals surface area contributed by atoms with Crippen LogP contribution in [0.5, 0.6) is 5.75 Å². The lowest BCUT2D eigenvalue weighted by Crippen LogP contribution is -2.30. The van der Waals surface area contributed by atoms with E-state index in [1.807, 2.05) is 43.3 Å². The molecule has 1 heterocycles. The minimum absolute atomic E-state index is 0.0410. The molecule has 6 heteroatoms. The van der Waals surface area contributed by atoms with E-state index in [1.54, 1.807) is 11.8 Å². The minimum Gasteiger partial charge on any atom is -0.495 e. The van der Waals surface area contributed by atoms with Gasteiger partial charge in [-0.25, -0.2) is 4.68 Å². The monoisotopic (exact) mass is 349 g/mol. The van der Waals surface area contributed by atoms with Gasteiger partial charge in [0.15, 0.2) is 0 Å². The second kappa shape index (κ2) is 7.81. The topological polar surface area (TPSA) is 47.4 Å². The van der Waals surface area contributed by atoms with Crippen molar-refractivity contribution in [1.82, 2.24) is 14.7 Å². The van der Waals surface area contributed by atoms with Gasteiger partial charge in [-0.2, -0.15) is 5.10 Å². The van der Waals surface area contributed by atoms with Crippen molar-refractivity contribution < 1.29 is 4.74 Å². The van der Waals surface area contributed by atoms with E-state index < -0.39 is 0 Å². The third-order valence-corrected chi connectivity index (χ3v) is 3.82. The molecule has 0 spiro atoms. The fraction of sp³-hybridized carbons (Fsp3) is 0.444. The Hall–Kier alpha value is -1.85. The zero-order valence-electron chi connectivity index (χ0n) is 14.8. The van der Waals surface area contributed by atoms with Crippen LogP contribution in [0.1, 0.15) is 19.4 Å². The summed E-state index contributed by atoms with van der Waals surface area (Å²) in [6.07, 6.45) is 0. The van der Waals surface area contributed by atoms with Gasteiger partial charge in [-0.1, -0.05) is 25.4 Å². The lowest BCUT2D eigenvalue weighted by Gasteiger charge is -2.15. The summed E-state index contributed by atoms with van der Waals surface area (Å²) >= 11 is 6.23. The van der Waals surface area contributed by atoms with Gasteiger partial charge >= 0.3 is 0 Å². The highest BCUT2D eigenvalue weighted by molar-refractivity contribution is 6.32. The second-order valence-corrected chi connectivity index (χ2v) is 6.93. The van der Waals surface area contributed by atoms with E-state index in [0.29, 0.717) is 29.8 Å². The quantitative estimate of drug-likeness (QED) is 0.803. The maximum atomic E-state index is 12.6. The van der Waals surface area contributed by atoms with Crippen molar-refractivity contribution in [2.75, 3.05) is 21.2 Å². The summed E-state index contributed by atoms with van der Waals surface area (Å²) in [6.45, 7) is 5.28. The predicted octanol–water partition coefficient (Wildman–Crippen LogP) is 3.29. The Morgan fingerprint density at radius 2 is 2.00 bits per heavy atom. The summed E-state index contributed by atoms with van der Waals surface area (Å²) in [5.74, 6) is 0.946. The number of ether oxygens (including phenoxy) is 1. The van der Waals surface area contributed by atoms with E-state index in [4.69, 9.17) is 16.3 Å². The Morgan fingerprint density at radius 1 is 1.29 bits per heavy atom. The molecule has 2 rings (SSSR count). The minimum atomic E-state index is -0.0410. The molecule has 0 fully saturated rings. The summed E-state index contributed by atoms with van der Waals surface area (Å²) < 4.78 is 6.75. The molecule has 130 valence electrons. The lowest BCUT2D eigenvalue weighted by atomic mass is 10.1. The Balaban J connectivity index is 2.56. The number of hydrogen-bond acceptors (Lipinski definition) is 4. The first kappa shape index (κ1) is 18.5. The summed E-state index contributed by atoms with van der Waals surface area (Å²) in [5.41, 5.74) is 2.27. The Kier molecular flexibility index (Phi) is 6.02. The zero-order valence-corrected chi connectivity index (χ0v) is 15.6. The van der Waals surface area contributed by atoms with E-state index in [-0.39, 0.29) is 5.56 Å². The summed E-state index contributed by atoms with van der Waals surface area (Å²) in [4.78, 5) is 14.6. The fourth-order valence-corrected chi connectivity index (χ4v) is 2.74. The van der Waals surface area contributed by atoms with Crippen molar-refractivity contribution in [1.29, 1.82) is 0 Å². The smallest absolute Gasteiger partial charge is 0.271 e. The van der Waals surface area contributed by atoms with Crippen LogP contribution in [0.15, 0.2) is 29.1 Å². The van der Waals surface area contributed by atoms with Crippen molar-refractivity contribution in [3.05, 3.63) is 45.2 Å². The number of halogens is 1. The van der Waals surface area contributed by atoms with E-state index in [2.05, 4.69) is 18.9 Å². The molecule has 0 N–H and O–H groups in total. The van der Waals surface area contributed by atoms with Gasteiger partial charge in [-0.3, -0.25) is 4.79 Å². The van der Waals surface area contributed by atoms with Crippen LogP contribution < -0.4 is 10.3 Å². The normalized spacial score (nSPS) is 11.3. The van der Waals surface area contributed by atoms with Crippen LogP contribution in [0, 0.1) is 5.92 Å². The van der Waals surface area contributed by atoms with Gasteiger partial charge in [0, 0.05) is 24.2 Å². The molecule has 0 atom stereocenters. The third kappa shape index (κ3) is 4.36. The van der Waals surface area contributed by atoms with Crippen LogP contribution in [0.25, 0.3) is 11.3 Å². The van der Waals surface area contributed by atoms with Gasteiger partial charge in [0.2, 0.25) is 0 Å². The number of rotatable bonds is 6.